The summed E-state index contributed by atoms with van der Waals surface area (Å²) >= 11 is 0. The van der Waals surface area contributed by atoms with Gasteiger partial charge < -0.3 is 14.3 Å². The Hall–Kier alpha value is -2.14. The number of rotatable bonds is 0. The molecular formula is C19H20O5. The first kappa shape index (κ1) is 15.4. The molecule has 2 atom stereocenters. The summed E-state index contributed by atoms with van der Waals surface area (Å²) in [6.45, 7) is 6.44. The van der Waals surface area contributed by atoms with Gasteiger partial charge in [-0.3, -0.25) is 0 Å². The van der Waals surface area contributed by atoms with E-state index in [0.29, 0.717) is 35.3 Å². The summed E-state index contributed by atoms with van der Waals surface area (Å²) in [7, 11) is 0. The third kappa shape index (κ3) is 1.97. The molecule has 1 N–H and O–H groups in total. The minimum atomic E-state index is -0.744. The molecule has 0 bridgehead atoms. The van der Waals surface area contributed by atoms with Crippen LogP contribution in [0.1, 0.15) is 62.3 Å². The molecule has 5 nitrogen and oxygen atoms in total. The number of fused-ring (bicyclic) bond motifs is 5. The van der Waals surface area contributed by atoms with Crippen LogP contribution in [0.2, 0.25) is 0 Å². The molecule has 0 amide bonds. The summed E-state index contributed by atoms with van der Waals surface area (Å²) in [5.41, 5.74) is 0.425. The van der Waals surface area contributed by atoms with Crippen LogP contribution in [0.4, 0.5) is 0 Å². The molecule has 0 spiro atoms. The van der Waals surface area contributed by atoms with Gasteiger partial charge in [-0.15, -0.1) is 0 Å². The summed E-state index contributed by atoms with van der Waals surface area (Å²) in [5, 5.41) is 11.4. The Morgan fingerprint density at radius 2 is 1.92 bits per heavy atom. The average Bonchev–Trinajstić information content (AvgIpc) is 2.86. The number of aliphatic hydroxyl groups excluding tert-OH is 1. The molecule has 0 fully saturated rings. The number of aliphatic hydroxyl groups is 1. The standard InChI is InChI=1S/C19H20O5/c1-9-8-23-16-10-4-5-11-15(12(20)6-7-19(11,2)3)14(10)18(22)24-17(21)13(9)16/h4-5,9,12,20H,6-8H2,1-3H3/t9-,12-/m0/s1. The quantitative estimate of drug-likeness (QED) is 0.804. The van der Waals surface area contributed by atoms with Crippen LogP contribution in [0.15, 0.2) is 26.1 Å². The SMILES string of the molecule is C[C@H]1COc2c1c(=O)oc(=O)c1c3c(ccc21)C(C)(C)CC[C@@H]3O. The Morgan fingerprint density at radius 3 is 2.67 bits per heavy atom. The summed E-state index contributed by atoms with van der Waals surface area (Å²) in [4.78, 5) is 25.0. The van der Waals surface area contributed by atoms with E-state index in [9.17, 15) is 14.7 Å². The van der Waals surface area contributed by atoms with E-state index in [0.717, 1.165) is 12.0 Å². The largest absolute Gasteiger partial charge is 0.492 e. The molecule has 1 aliphatic carbocycles. The van der Waals surface area contributed by atoms with Crippen molar-refractivity contribution in [1.29, 1.82) is 0 Å². The molecule has 0 saturated heterocycles. The first-order valence-electron chi connectivity index (χ1n) is 8.30. The van der Waals surface area contributed by atoms with E-state index in [1.54, 1.807) is 0 Å². The van der Waals surface area contributed by atoms with Crippen LogP contribution in [0.5, 0.6) is 5.75 Å². The molecule has 5 heteroatoms. The summed E-state index contributed by atoms with van der Waals surface area (Å²) in [6.07, 6.45) is 0.655. The fourth-order valence-electron chi connectivity index (χ4n) is 4.04. The zero-order valence-electron chi connectivity index (χ0n) is 14.0. The monoisotopic (exact) mass is 328 g/mol. The molecule has 24 heavy (non-hydrogen) atoms. The highest BCUT2D eigenvalue weighted by Gasteiger charge is 2.36. The molecule has 1 aromatic heterocycles. The second kappa shape index (κ2) is 4.93. The Bertz CT molecular complexity index is 970. The second-order valence-corrected chi connectivity index (χ2v) is 7.52. The van der Waals surface area contributed by atoms with Crippen molar-refractivity contribution in [2.45, 2.75) is 51.0 Å². The van der Waals surface area contributed by atoms with Gasteiger partial charge in [0.15, 0.2) is 0 Å². The molecular weight excluding hydrogens is 308 g/mol. The maximum atomic E-state index is 12.6. The fraction of sp³-hybridized carbons (Fsp3) is 0.474. The number of hydrogen-bond acceptors (Lipinski definition) is 5. The van der Waals surface area contributed by atoms with Crippen LogP contribution in [0.25, 0.3) is 10.8 Å². The highest BCUT2D eigenvalue weighted by molar-refractivity contribution is 5.92. The van der Waals surface area contributed by atoms with Crippen LogP contribution in [0, 0.1) is 0 Å². The number of ether oxygens (including phenoxy) is 1. The predicted molar refractivity (Wildman–Crippen MR) is 89.9 cm³/mol. The molecule has 1 aromatic carbocycles. The van der Waals surface area contributed by atoms with Gasteiger partial charge in [0, 0.05) is 11.3 Å². The van der Waals surface area contributed by atoms with E-state index in [2.05, 4.69) is 13.8 Å². The van der Waals surface area contributed by atoms with Gasteiger partial charge in [0.25, 0.3) is 0 Å². The van der Waals surface area contributed by atoms with Crippen molar-refractivity contribution in [3.05, 3.63) is 49.7 Å². The Morgan fingerprint density at radius 1 is 1.17 bits per heavy atom. The van der Waals surface area contributed by atoms with Crippen molar-refractivity contribution in [1.82, 2.24) is 0 Å². The van der Waals surface area contributed by atoms with Gasteiger partial charge in [0.05, 0.1) is 23.7 Å². The first-order valence-corrected chi connectivity index (χ1v) is 8.30. The zero-order valence-corrected chi connectivity index (χ0v) is 14.0. The lowest BCUT2D eigenvalue weighted by atomic mass is 9.70. The van der Waals surface area contributed by atoms with Crippen molar-refractivity contribution in [2.24, 2.45) is 0 Å². The van der Waals surface area contributed by atoms with Gasteiger partial charge in [-0.1, -0.05) is 32.9 Å². The molecule has 2 heterocycles. The maximum Gasteiger partial charge on any atom is 0.347 e. The molecule has 2 aliphatic rings. The van der Waals surface area contributed by atoms with Crippen LogP contribution in [0.3, 0.4) is 0 Å². The van der Waals surface area contributed by atoms with Gasteiger partial charge in [-0.25, -0.2) is 9.59 Å². The molecule has 0 saturated carbocycles. The third-order valence-electron chi connectivity index (χ3n) is 5.42. The topological polar surface area (TPSA) is 76.7 Å². The van der Waals surface area contributed by atoms with Crippen LogP contribution >= 0.6 is 0 Å². The maximum absolute atomic E-state index is 12.6. The van der Waals surface area contributed by atoms with E-state index in [1.807, 2.05) is 19.1 Å². The van der Waals surface area contributed by atoms with Crippen molar-refractivity contribution in [3.8, 4) is 5.75 Å². The average molecular weight is 328 g/mol. The van der Waals surface area contributed by atoms with Crippen molar-refractivity contribution >= 4 is 10.8 Å². The lowest BCUT2D eigenvalue weighted by Gasteiger charge is -2.35. The van der Waals surface area contributed by atoms with Crippen molar-refractivity contribution < 1.29 is 14.3 Å². The third-order valence-corrected chi connectivity index (χ3v) is 5.42. The smallest absolute Gasteiger partial charge is 0.347 e. The predicted octanol–water partition coefficient (Wildman–Crippen LogP) is 2.75. The number of benzene rings is 1. The van der Waals surface area contributed by atoms with Gasteiger partial charge in [0.2, 0.25) is 0 Å². The van der Waals surface area contributed by atoms with Gasteiger partial charge in [0.1, 0.15) is 5.75 Å². The number of hydrogen-bond donors (Lipinski definition) is 1. The van der Waals surface area contributed by atoms with Crippen LogP contribution in [-0.2, 0) is 5.41 Å². The summed E-state index contributed by atoms with van der Waals surface area (Å²) in [6, 6.07) is 3.76. The van der Waals surface area contributed by atoms with Crippen molar-refractivity contribution in [3.63, 3.8) is 0 Å². The Balaban J connectivity index is 2.24. The second-order valence-electron chi connectivity index (χ2n) is 7.52. The van der Waals surface area contributed by atoms with E-state index >= 15 is 0 Å². The first-order chi connectivity index (χ1) is 11.3. The summed E-state index contributed by atoms with van der Waals surface area (Å²) < 4.78 is 10.8. The van der Waals surface area contributed by atoms with Gasteiger partial charge in [-0.05, 0) is 29.4 Å². The highest BCUT2D eigenvalue weighted by Crippen LogP contribution is 2.46. The molecule has 4 rings (SSSR count). The lowest BCUT2D eigenvalue weighted by molar-refractivity contribution is 0.141. The van der Waals surface area contributed by atoms with Crippen LogP contribution in [-0.4, -0.2) is 11.7 Å². The molecule has 2 aromatic rings. The van der Waals surface area contributed by atoms with E-state index in [1.165, 1.54) is 0 Å². The lowest BCUT2D eigenvalue weighted by Crippen LogP contribution is -2.27. The summed E-state index contributed by atoms with van der Waals surface area (Å²) in [5.74, 6) is 0.301. The van der Waals surface area contributed by atoms with Crippen LogP contribution < -0.4 is 16.0 Å². The molecule has 126 valence electrons. The van der Waals surface area contributed by atoms with Gasteiger partial charge in [-0.2, -0.15) is 0 Å². The van der Waals surface area contributed by atoms with Gasteiger partial charge >= 0.3 is 11.3 Å². The molecule has 1 aliphatic heterocycles. The minimum absolute atomic E-state index is 0.122. The Labute approximate surface area is 138 Å². The van der Waals surface area contributed by atoms with E-state index in [-0.39, 0.29) is 16.7 Å². The highest BCUT2D eigenvalue weighted by atomic mass is 16.5. The van der Waals surface area contributed by atoms with Crippen molar-refractivity contribution in [2.75, 3.05) is 6.61 Å². The molecule has 0 radical (unpaired) electrons. The fourth-order valence-corrected chi connectivity index (χ4v) is 4.04. The Kier molecular flexibility index (Phi) is 3.16. The van der Waals surface area contributed by atoms with E-state index < -0.39 is 17.4 Å². The zero-order chi connectivity index (χ0) is 17.2. The normalized spacial score (nSPS) is 24.3. The molecule has 0 unspecified atom stereocenters. The van der Waals surface area contributed by atoms with E-state index in [4.69, 9.17) is 9.15 Å². The minimum Gasteiger partial charge on any atom is -0.492 e.